The average molecular weight is 381 g/mol. The van der Waals surface area contributed by atoms with Crippen molar-refractivity contribution in [1.29, 1.82) is 0 Å². The Balaban J connectivity index is 1.48. The van der Waals surface area contributed by atoms with Crippen LogP contribution >= 0.6 is 0 Å². The van der Waals surface area contributed by atoms with E-state index in [0.717, 1.165) is 24.0 Å². The van der Waals surface area contributed by atoms with Crippen molar-refractivity contribution in [3.8, 4) is 0 Å². The molecule has 0 aliphatic carbocycles. The van der Waals surface area contributed by atoms with Crippen LogP contribution in [0.3, 0.4) is 0 Å². The Morgan fingerprint density at radius 3 is 2.68 bits per heavy atom. The molecule has 0 bridgehead atoms. The third kappa shape index (κ3) is 2.93. The standard InChI is InChI=1S/C23H24FNO3/c1-15-23(28-15)11-13-27-20(14-23)22(26)25-12-10-16-4-2-3-5-19(16)21(25)17-6-8-18(24)9-7-17/h2-9,15,20-21H,10-14H2,1H3/t15-,20-,21+,23-/m1/s1. The molecule has 0 N–H and O–H groups in total. The van der Waals surface area contributed by atoms with Gasteiger partial charge < -0.3 is 14.4 Å². The van der Waals surface area contributed by atoms with Crippen molar-refractivity contribution in [3.05, 3.63) is 71.0 Å². The van der Waals surface area contributed by atoms with E-state index in [0.29, 0.717) is 19.6 Å². The maximum absolute atomic E-state index is 13.5. The van der Waals surface area contributed by atoms with Gasteiger partial charge in [-0.3, -0.25) is 4.79 Å². The minimum Gasteiger partial charge on any atom is -0.368 e. The fraction of sp³-hybridized carbons (Fsp3) is 0.435. The van der Waals surface area contributed by atoms with Crippen molar-refractivity contribution in [2.75, 3.05) is 13.2 Å². The summed E-state index contributed by atoms with van der Waals surface area (Å²) in [5.41, 5.74) is 3.08. The maximum Gasteiger partial charge on any atom is 0.252 e. The molecule has 4 atom stereocenters. The lowest BCUT2D eigenvalue weighted by molar-refractivity contribution is -0.151. The first-order chi connectivity index (χ1) is 13.6. The van der Waals surface area contributed by atoms with Crippen molar-refractivity contribution in [3.63, 3.8) is 0 Å². The molecular weight excluding hydrogens is 357 g/mol. The highest BCUT2D eigenvalue weighted by Gasteiger charge is 2.57. The molecule has 2 saturated heterocycles. The molecule has 3 aliphatic heterocycles. The van der Waals surface area contributed by atoms with E-state index in [4.69, 9.17) is 9.47 Å². The van der Waals surface area contributed by atoms with E-state index in [1.54, 1.807) is 12.1 Å². The van der Waals surface area contributed by atoms with Crippen LogP contribution in [0.1, 0.15) is 42.5 Å². The van der Waals surface area contributed by atoms with E-state index in [9.17, 15) is 9.18 Å². The molecule has 28 heavy (non-hydrogen) atoms. The number of rotatable bonds is 2. The number of halogens is 1. The minimum absolute atomic E-state index is 0.00519. The Hall–Kier alpha value is -2.24. The van der Waals surface area contributed by atoms with Gasteiger partial charge in [-0.25, -0.2) is 4.39 Å². The molecule has 2 aromatic rings. The third-order valence-electron chi connectivity index (χ3n) is 6.50. The molecule has 3 aliphatic rings. The normalized spacial score (nSPS) is 31.5. The number of benzene rings is 2. The summed E-state index contributed by atoms with van der Waals surface area (Å²) < 4.78 is 25.2. The molecular formula is C23H24FNO3. The van der Waals surface area contributed by atoms with Gasteiger partial charge in [-0.2, -0.15) is 0 Å². The quantitative estimate of drug-likeness (QED) is 0.746. The molecule has 1 spiro atoms. The molecule has 0 radical (unpaired) electrons. The van der Waals surface area contributed by atoms with E-state index in [2.05, 4.69) is 19.1 Å². The van der Waals surface area contributed by atoms with Crippen LogP contribution in [0.25, 0.3) is 0 Å². The monoisotopic (exact) mass is 381 g/mol. The fourth-order valence-electron chi connectivity index (χ4n) is 4.80. The van der Waals surface area contributed by atoms with Gasteiger partial charge in [0.2, 0.25) is 0 Å². The summed E-state index contributed by atoms with van der Waals surface area (Å²) in [4.78, 5) is 15.4. The molecule has 1 amide bonds. The Kier molecular flexibility index (Phi) is 4.25. The highest BCUT2D eigenvalue weighted by molar-refractivity contribution is 5.82. The van der Waals surface area contributed by atoms with Gasteiger partial charge in [0.05, 0.1) is 24.4 Å². The van der Waals surface area contributed by atoms with E-state index in [1.807, 2.05) is 17.0 Å². The zero-order valence-corrected chi connectivity index (χ0v) is 15.9. The number of nitrogens with zero attached hydrogens (tertiary/aromatic N) is 1. The molecule has 2 fully saturated rings. The number of hydrogen-bond donors (Lipinski definition) is 0. The van der Waals surface area contributed by atoms with Crippen molar-refractivity contribution in [1.82, 2.24) is 4.90 Å². The molecule has 2 aromatic carbocycles. The molecule has 3 heterocycles. The van der Waals surface area contributed by atoms with Gasteiger partial charge in [-0.15, -0.1) is 0 Å². The van der Waals surface area contributed by atoms with Crippen LogP contribution in [0.4, 0.5) is 4.39 Å². The van der Waals surface area contributed by atoms with E-state index in [-0.39, 0.29) is 29.5 Å². The van der Waals surface area contributed by atoms with Crippen molar-refractivity contribution >= 4 is 5.91 Å². The summed E-state index contributed by atoms with van der Waals surface area (Å²) in [5, 5.41) is 0. The molecule has 4 nitrogen and oxygen atoms in total. The molecule has 0 aromatic heterocycles. The molecule has 5 rings (SSSR count). The Bertz CT molecular complexity index is 899. The van der Waals surface area contributed by atoms with Crippen LogP contribution in [-0.2, 0) is 20.7 Å². The van der Waals surface area contributed by atoms with Crippen LogP contribution in [0.2, 0.25) is 0 Å². The number of amides is 1. The van der Waals surface area contributed by atoms with Crippen molar-refractivity contribution in [2.45, 2.75) is 50.0 Å². The Morgan fingerprint density at radius 2 is 1.93 bits per heavy atom. The average Bonchev–Trinajstić information content (AvgIpc) is 3.34. The number of carbonyl (C=O) groups excluding carboxylic acids is 1. The van der Waals surface area contributed by atoms with Gasteiger partial charge in [0.15, 0.2) is 0 Å². The fourth-order valence-corrected chi connectivity index (χ4v) is 4.80. The Labute approximate surface area is 164 Å². The lowest BCUT2D eigenvalue weighted by Gasteiger charge is -2.40. The second-order valence-corrected chi connectivity index (χ2v) is 8.07. The highest BCUT2D eigenvalue weighted by atomic mass is 19.1. The van der Waals surface area contributed by atoms with Gasteiger partial charge in [-0.1, -0.05) is 36.4 Å². The third-order valence-corrected chi connectivity index (χ3v) is 6.50. The van der Waals surface area contributed by atoms with Gasteiger partial charge >= 0.3 is 0 Å². The summed E-state index contributed by atoms with van der Waals surface area (Å²) in [5.74, 6) is -0.270. The minimum atomic E-state index is -0.480. The van der Waals surface area contributed by atoms with Gasteiger partial charge in [0.1, 0.15) is 11.9 Å². The van der Waals surface area contributed by atoms with Crippen LogP contribution in [-0.4, -0.2) is 41.8 Å². The largest absolute Gasteiger partial charge is 0.368 e. The molecule has 146 valence electrons. The number of carbonyl (C=O) groups is 1. The second kappa shape index (κ2) is 6.68. The molecule has 0 saturated carbocycles. The Morgan fingerprint density at radius 1 is 1.18 bits per heavy atom. The number of ether oxygens (including phenoxy) is 2. The van der Waals surface area contributed by atoms with Crippen molar-refractivity contribution < 1.29 is 18.7 Å². The first-order valence-corrected chi connectivity index (χ1v) is 10.0. The van der Waals surface area contributed by atoms with Crippen LogP contribution in [0, 0.1) is 5.82 Å². The van der Waals surface area contributed by atoms with E-state index < -0.39 is 6.10 Å². The van der Waals surface area contributed by atoms with E-state index >= 15 is 0 Å². The van der Waals surface area contributed by atoms with Crippen LogP contribution < -0.4 is 0 Å². The SMILES string of the molecule is C[C@H]1O[C@@]12CCO[C@@H](C(=O)N1CCc3ccccc3[C@@H]1c1ccc(F)cc1)C2. The predicted molar refractivity (Wildman–Crippen MR) is 102 cm³/mol. The van der Waals surface area contributed by atoms with Gasteiger partial charge in [-0.05, 0) is 42.2 Å². The number of hydrogen-bond acceptors (Lipinski definition) is 3. The molecule has 5 heteroatoms. The molecule has 0 unspecified atom stereocenters. The lowest BCUT2D eigenvalue weighted by atomic mass is 9.86. The zero-order chi connectivity index (χ0) is 19.3. The van der Waals surface area contributed by atoms with E-state index in [1.165, 1.54) is 17.7 Å². The first kappa shape index (κ1) is 17.8. The summed E-state index contributed by atoms with van der Waals surface area (Å²) in [6.07, 6.45) is 1.99. The summed E-state index contributed by atoms with van der Waals surface area (Å²) >= 11 is 0. The number of epoxide rings is 1. The summed E-state index contributed by atoms with van der Waals surface area (Å²) in [6.45, 7) is 3.23. The predicted octanol–water partition coefficient (Wildman–Crippen LogP) is 3.64. The highest BCUT2D eigenvalue weighted by Crippen LogP contribution is 2.47. The van der Waals surface area contributed by atoms with Crippen molar-refractivity contribution in [2.24, 2.45) is 0 Å². The van der Waals surface area contributed by atoms with Gasteiger partial charge in [0.25, 0.3) is 5.91 Å². The topological polar surface area (TPSA) is 42.1 Å². The van der Waals surface area contributed by atoms with Crippen LogP contribution in [0.15, 0.2) is 48.5 Å². The van der Waals surface area contributed by atoms with Gasteiger partial charge in [0, 0.05) is 19.4 Å². The maximum atomic E-state index is 13.5. The number of fused-ring (bicyclic) bond motifs is 1. The first-order valence-electron chi connectivity index (χ1n) is 10.0. The van der Waals surface area contributed by atoms with Crippen LogP contribution in [0.5, 0.6) is 0 Å². The second-order valence-electron chi connectivity index (χ2n) is 8.07. The smallest absolute Gasteiger partial charge is 0.252 e. The zero-order valence-electron chi connectivity index (χ0n) is 15.9. The lowest BCUT2D eigenvalue weighted by Crippen LogP contribution is -2.49. The summed E-state index contributed by atoms with van der Waals surface area (Å²) in [6, 6.07) is 14.4. The summed E-state index contributed by atoms with van der Waals surface area (Å²) in [7, 11) is 0.